The van der Waals surface area contributed by atoms with E-state index in [4.69, 9.17) is 9.68 Å². The van der Waals surface area contributed by atoms with E-state index in [1.165, 1.54) is 12.1 Å². The minimum Gasteiger partial charge on any atom is -0.464 e. The maximum Gasteiger partial charge on any atom is 0.313 e. The molecule has 3 aromatic rings. The Morgan fingerprint density at radius 1 is 1.04 bits per heavy atom. The van der Waals surface area contributed by atoms with Gasteiger partial charge in [-0.1, -0.05) is 36.4 Å². The van der Waals surface area contributed by atoms with Crippen molar-refractivity contribution in [2.24, 2.45) is 0 Å². The predicted octanol–water partition coefficient (Wildman–Crippen LogP) is 2.61. The highest BCUT2D eigenvalue weighted by atomic mass is 16.3. The Bertz CT molecular complexity index is 1000. The van der Waals surface area contributed by atoms with Crippen molar-refractivity contribution in [3.8, 4) is 17.4 Å². The first-order valence-electron chi connectivity index (χ1n) is 8.48. The van der Waals surface area contributed by atoms with Crippen molar-refractivity contribution < 1.29 is 19.1 Å². The number of hydrogen-bond donors (Lipinski definition) is 3. The molecule has 0 saturated heterocycles. The third-order valence-corrected chi connectivity index (χ3v) is 4.06. The molecule has 0 radical (unpaired) electrons. The summed E-state index contributed by atoms with van der Waals surface area (Å²) >= 11 is 0. The van der Waals surface area contributed by atoms with Crippen LogP contribution in [0.5, 0.6) is 0 Å². The summed E-state index contributed by atoms with van der Waals surface area (Å²) in [5.41, 5.74) is 1.95. The minimum absolute atomic E-state index is 0.133. The first-order chi connectivity index (χ1) is 13.6. The van der Waals surface area contributed by atoms with Gasteiger partial charge >= 0.3 is 11.8 Å². The van der Waals surface area contributed by atoms with Crippen LogP contribution in [0.25, 0.3) is 11.3 Å². The Morgan fingerprint density at radius 2 is 1.79 bits per heavy atom. The molecule has 0 aliphatic heterocycles. The number of amides is 2. The van der Waals surface area contributed by atoms with Crippen LogP contribution in [-0.2, 0) is 9.59 Å². The summed E-state index contributed by atoms with van der Waals surface area (Å²) in [6.07, 6.45) is 0.599. The molecular weight excluding hydrogens is 358 g/mol. The zero-order chi connectivity index (χ0) is 19.9. The number of nitriles is 1. The molecule has 2 aromatic carbocycles. The van der Waals surface area contributed by atoms with Gasteiger partial charge in [0.2, 0.25) is 0 Å². The molecule has 3 rings (SSSR count). The van der Waals surface area contributed by atoms with Crippen LogP contribution >= 0.6 is 0 Å². The molecule has 1 aromatic heterocycles. The van der Waals surface area contributed by atoms with Crippen LogP contribution in [0.15, 0.2) is 71.3 Å². The standard InChI is InChI=1S/C21H17N3O4/c22-12-16-4-1-2-5-17(16)24-21(27)20(26)23-13-18(25)14-7-9-15(10-8-14)19-6-3-11-28-19/h1-11,18,25H,13H2,(H,23,26)(H,24,27)/t18-/m0/s1. The van der Waals surface area contributed by atoms with E-state index in [1.54, 1.807) is 48.7 Å². The van der Waals surface area contributed by atoms with E-state index >= 15 is 0 Å². The van der Waals surface area contributed by atoms with E-state index in [1.807, 2.05) is 12.1 Å². The molecule has 2 amide bonds. The number of benzene rings is 2. The fourth-order valence-corrected chi connectivity index (χ4v) is 2.57. The van der Waals surface area contributed by atoms with E-state index in [2.05, 4.69) is 10.6 Å². The van der Waals surface area contributed by atoms with Crippen molar-refractivity contribution in [3.05, 3.63) is 78.1 Å². The van der Waals surface area contributed by atoms with Gasteiger partial charge in [0.25, 0.3) is 0 Å². The second-order valence-electron chi connectivity index (χ2n) is 5.94. The monoisotopic (exact) mass is 375 g/mol. The van der Waals surface area contributed by atoms with Crippen molar-refractivity contribution in [3.63, 3.8) is 0 Å². The summed E-state index contributed by atoms with van der Waals surface area (Å²) in [7, 11) is 0. The highest BCUT2D eigenvalue weighted by Crippen LogP contribution is 2.22. The third kappa shape index (κ3) is 4.44. The van der Waals surface area contributed by atoms with Gasteiger partial charge in [-0.3, -0.25) is 9.59 Å². The number of carbonyl (C=O) groups excluding carboxylic acids is 2. The molecule has 7 heteroatoms. The van der Waals surface area contributed by atoms with Crippen molar-refractivity contribution in [2.45, 2.75) is 6.10 Å². The number of nitrogens with zero attached hydrogens (tertiary/aromatic N) is 1. The van der Waals surface area contributed by atoms with Crippen LogP contribution in [0.4, 0.5) is 5.69 Å². The molecule has 0 unspecified atom stereocenters. The number of furan rings is 1. The lowest BCUT2D eigenvalue weighted by Gasteiger charge is -2.13. The third-order valence-electron chi connectivity index (χ3n) is 4.06. The molecule has 28 heavy (non-hydrogen) atoms. The van der Waals surface area contributed by atoms with Crippen LogP contribution in [0, 0.1) is 11.3 Å². The Labute approximate surface area is 161 Å². The Morgan fingerprint density at radius 3 is 2.46 bits per heavy atom. The van der Waals surface area contributed by atoms with E-state index in [9.17, 15) is 14.7 Å². The largest absolute Gasteiger partial charge is 0.464 e. The maximum absolute atomic E-state index is 12.0. The van der Waals surface area contributed by atoms with Gasteiger partial charge in [-0.2, -0.15) is 5.26 Å². The first-order valence-corrected chi connectivity index (χ1v) is 8.48. The van der Waals surface area contributed by atoms with Gasteiger partial charge in [0.05, 0.1) is 23.6 Å². The lowest BCUT2D eigenvalue weighted by molar-refractivity contribution is -0.136. The molecular formula is C21H17N3O4. The van der Waals surface area contributed by atoms with Crippen molar-refractivity contribution in [2.75, 3.05) is 11.9 Å². The summed E-state index contributed by atoms with van der Waals surface area (Å²) in [5, 5.41) is 24.0. The quantitative estimate of drug-likeness (QED) is 0.593. The van der Waals surface area contributed by atoms with Gasteiger partial charge in [0.15, 0.2) is 0 Å². The van der Waals surface area contributed by atoms with Gasteiger partial charge in [0, 0.05) is 12.1 Å². The van der Waals surface area contributed by atoms with Crippen LogP contribution in [0.2, 0.25) is 0 Å². The predicted molar refractivity (Wildman–Crippen MR) is 102 cm³/mol. The van der Waals surface area contributed by atoms with Crippen LogP contribution in [0.3, 0.4) is 0 Å². The summed E-state index contributed by atoms with van der Waals surface area (Å²) in [6.45, 7) is -0.133. The Balaban J connectivity index is 1.55. The number of carbonyl (C=O) groups is 2. The fraction of sp³-hybridized carbons (Fsp3) is 0.0952. The number of rotatable bonds is 5. The summed E-state index contributed by atoms with van der Waals surface area (Å²) in [5.74, 6) is -1.11. The smallest absolute Gasteiger partial charge is 0.313 e. The molecule has 3 N–H and O–H groups in total. The van der Waals surface area contributed by atoms with Crippen molar-refractivity contribution in [1.29, 1.82) is 5.26 Å². The van der Waals surface area contributed by atoms with E-state index in [0.717, 1.165) is 5.56 Å². The van der Waals surface area contributed by atoms with Crippen LogP contribution in [0.1, 0.15) is 17.2 Å². The number of nitrogens with one attached hydrogen (secondary N) is 2. The molecule has 1 heterocycles. The molecule has 140 valence electrons. The molecule has 0 aliphatic rings. The average molecular weight is 375 g/mol. The first kappa shape index (κ1) is 18.9. The van der Waals surface area contributed by atoms with Gasteiger partial charge in [-0.15, -0.1) is 0 Å². The number of hydrogen-bond acceptors (Lipinski definition) is 5. The summed E-state index contributed by atoms with van der Waals surface area (Å²) in [4.78, 5) is 23.9. The summed E-state index contributed by atoms with van der Waals surface area (Å²) in [6, 6.07) is 18.9. The molecule has 1 atom stereocenters. The molecule has 0 spiro atoms. The van der Waals surface area contributed by atoms with E-state index in [-0.39, 0.29) is 17.8 Å². The van der Waals surface area contributed by atoms with Gasteiger partial charge in [-0.05, 0) is 29.8 Å². The highest BCUT2D eigenvalue weighted by Gasteiger charge is 2.17. The van der Waals surface area contributed by atoms with Gasteiger partial charge in [0.1, 0.15) is 11.8 Å². The molecule has 0 saturated carbocycles. The number of aliphatic hydroxyl groups is 1. The molecule has 0 fully saturated rings. The second kappa shape index (κ2) is 8.66. The molecule has 0 bridgehead atoms. The lowest BCUT2D eigenvalue weighted by atomic mass is 10.1. The minimum atomic E-state index is -0.978. The number of para-hydroxylation sites is 1. The maximum atomic E-state index is 12.0. The fourth-order valence-electron chi connectivity index (χ4n) is 2.57. The molecule has 7 nitrogen and oxygen atoms in total. The van der Waals surface area contributed by atoms with Gasteiger partial charge in [-0.25, -0.2) is 0 Å². The zero-order valence-corrected chi connectivity index (χ0v) is 14.8. The van der Waals surface area contributed by atoms with Crippen LogP contribution in [-0.4, -0.2) is 23.5 Å². The zero-order valence-electron chi connectivity index (χ0n) is 14.8. The normalized spacial score (nSPS) is 11.3. The second-order valence-corrected chi connectivity index (χ2v) is 5.94. The van der Waals surface area contributed by atoms with Gasteiger partial charge < -0.3 is 20.2 Å². The Kier molecular flexibility index (Phi) is 5.84. The van der Waals surface area contributed by atoms with Crippen molar-refractivity contribution in [1.82, 2.24) is 5.32 Å². The van der Waals surface area contributed by atoms with E-state index in [0.29, 0.717) is 11.3 Å². The number of anilines is 1. The summed E-state index contributed by atoms with van der Waals surface area (Å²) < 4.78 is 5.31. The van der Waals surface area contributed by atoms with E-state index < -0.39 is 17.9 Å². The molecule has 0 aliphatic carbocycles. The average Bonchev–Trinajstić information content (AvgIpc) is 3.27. The SMILES string of the molecule is N#Cc1ccccc1NC(=O)C(=O)NC[C@H](O)c1ccc(-c2ccco2)cc1. The lowest BCUT2D eigenvalue weighted by Crippen LogP contribution is -2.37. The van der Waals surface area contributed by atoms with Crippen molar-refractivity contribution >= 4 is 17.5 Å². The highest BCUT2D eigenvalue weighted by molar-refractivity contribution is 6.39. The number of aliphatic hydroxyl groups excluding tert-OH is 1. The van der Waals surface area contributed by atoms with Crippen LogP contribution < -0.4 is 10.6 Å². The Hall–Kier alpha value is -3.89. The topological polar surface area (TPSA) is 115 Å².